The van der Waals surface area contributed by atoms with Gasteiger partial charge in [-0.15, -0.1) is 0 Å². The molecule has 0 heterocycles. The van der Waals surface area contributed by atoms with Crippen LogP contribution in [0.4, 0.5) is 17.1 Å². The lowest BCUT2D eigenvalue weighted by molar-refractivity contribution is 0.662. The van der Waals surface area contributed by atoms with Crippen LogP contribution in [0.15, 0.2) is 218 Å². The van der Waals surface area contributed by atoms with Gasteiger partial charge in [0.2, 0.25) is 0 Å². The third kappa shape index (κ3) is 5.46. The fourth-order valence-electron chi connectivity index (χ4n) is 10.5. The zero-order valence-corrected chi connectivity index (χ0v) is 34.2. The van der Waals surface area contributed by atoms with Gasteiger partial charge in [0.15, 0.2) is 0 Å². The van der Waals surface area contributed by atoms with Crippen LogP contribution in [0.2, 0.25) is 0 Å². The van der Waals surface area contributed by atoms with E-state index in [9.17, 15) is 0 Å². The van der Waals surface area contributed by atoms with Gasteiger partial charge in [0, 0.05) is 27.6 Å². The number of fused-ring (bicyclic) bond motifs is 6. The van der Waals surface area contributed by atoms with Gasteiger partial charge >= 0.3 is 0 Å². The van der Waals surface area contributed by atoms with Crippen LogP contribution in [0.5, 0.6) is 0 Å². The molecule has 0 aliphatic heterocycles. The van der Waals surface area contributed by atoms with E-state index in [0.29, 0.717) is 0 Å². The van der Waals surface area contributed by atoms with Crippen molar-refractivity contribution >= 4 is 17.1 Å². The minimum absolute atomic E-state index is 0.155. The number of hydrogen-bond donors (Lipinski definition) is 0. The van der Waals surface area contributed by atoms with Gasteiger partial charge in [-0.3, -0.25) is 0 Å². The summed E-state index contributed by atoms with van der Waals surface area (Å²) in [6.45, 7) is 7.15. The first-order chi connectivity index (χ1) is 29.4. The lowest BCUT2D eigenvalue weighted by Gasteiger charge is -2.31. The summed E-state index contributed by atoms with van der Waals surface area (Å²) in [6.07, 6.45) is 0. The largest absolute Gasteiger partial charge is 0.309 e. The molecular formula is C59H45N. The molecule has 0 spiro atoms. The summed E-state index contributed by atoms with van der Waals surface area (Å²) in [5, 5.41) is 0. The maximum atomic E-state index is 2.47. The summed E-state index contributed by atoms with van der Waals surface area (Å²) in [5.74, 6) is 0. The third-order valence-corrected chi connectivity index (χ3v) is 13.4. The molecule has 286 valence electrons. The smallest absolute Gasteiger partial charge is 0.0540 e. The summed E-state index contributed by atoms with van der Waals surface area (Å²) in [7, 11) is 0. The minimum atomic E-state index is -0.252. The highest BCUT2D eigenvalue weighted by atomic mass is 15.1. The van der Waals surface area contributed by atoms with Crippen molar-refractivity contribution in [1.29, 1.82) is 0 Å². The van der Waals surface area contributed by atoms with Gasteiger partial charge in [-0.05, 0) is 110 Å². The second kappa shape index (κ2) is 14.0. The Labute approximate surface area is 353 Å². The van der Waals surface area contributed by atoms with Crippen molar-refractivity contribution in [3.8, 4) is 55.6 Å². The molecule has 2 aliphatic rings. The third-order valence-electron chi connectivity index (χ3n) is 13.4. The van der Waals surface area contributed by atoms with Crippen LogP contribution in [-0.4, -0.2) is 0 Å². The van der Waals surface area contributed by atoms with Crippen molar-refractivity contribution in [2.45, 2.75) is 31.6 Å². The maximum absolute atomic E-state index is 2.47. The molecule has 0 amide bonds. The fraction of sp³-hybridized carbons (Fsp3) is 0.0847. The summed E-state index contributed by atoms with van der Waals surface area (Å²) in [4.78, 5) is 2.47. The SMILES string of the molecule is CC1(C)c2ccccc2-c2cccc(-c3ccccc3N(c3ccc(-c4ccc5c(c4)C(C)(c4ccccc4)c4ccccc4-5)cc3)c3ccccc3-c3ccccc3)c21. The van der Waals surface area contributed by atoms with Crippen molar-refractivity contribution in [2.75, 3.05) is 4.90 Å². The van der Waals surface area contributed by atoms with Crippen LogP contribution in [-0.2, 0) is 10.8 Å². The highest BCUT2D eigenvalue weighted by molar-refractivity contribution is 5.97. The first kappa shape index (κ1) is 35.9. The van der Waals surface area contributed by atoms with E-state index in [-0.39, 0.29) is 10.8 Å². The average molecular weight is 768 g/mol. The fourth-order valence-corrected chi connectivity index (χ4v) is 10.5. The van der Waals surface area contributed by atoms with Gasteiger partial charge in [0.1, 0.15) is 0 Å². The van der Waals surface area contributed by atoms with Crippen molar-refractivity contribution < 1.29 is 0 Å². The first-order valence-corrected chi connectivity index (χ1v) is 21.1. The Morgan fingerprint density at radius 1 is 0.317 bits per heavy atom. The number of rotatable bonds is 7. The predicted octanol–water partition coefficient (Wildman–Crippen LogP) is 15.8. The molecule has 11 rings (SSSR count). The molecule has 0 radical (unpaired) electrons. The van der Waals surface area contributed by atoms with Gasteiger partial charge in [-0.25, -0.2) is 0 Å². The predicted molar refractivity (Wildman–Crippen MR) is 252 cm³/mol. The van der Waals surface area contributed by atoms with Crippen LogP contribution < -0.4 is 4.90 Å². The Bertz CT molecular complexity index is 3070. The molecule has 0 saturated heterocycles. The van der Waals surface area contributed by atoms with E-state index in [1.807, 2.05) is 0 Å². The Balaban J connectivity index is 1.07. The van der Waals surface area contributed by atoms with Gasteiger partial charge in [-0.2, -0.15) is 0 Å². The van der Waals surface area contributed by atoms with Crippen molar-refractivity contribution in [3.05, 3.63) is 246 Å². The normalized spacial score (nSPS) is 15.4. The van der Waals surface area contributed by atoms with Gasteiger partial charge in [0.25, 0.3) is 0 Å². The highest BCUT2D eigenvalue weighted by Gasteiger charge is 2.41. The lowest BCUT2D eigenvalue weighted by Crippen LogP contribution is -2.22. The van der Waals surface area contributed by atoms with Crippen LogP contribution in [0.3, 0.4) is 0 Å². The number of para-hydroxylation sites is 2. The van der Waals surface area contributed by atoms with E-state index < -0.39 is 0 Å². The summed E-state index contributed by atoms with van der Waals surface area (Å²) in [5.41, 5.74) is 22.3. The molecule has 0 N–H and O–H groups in total. The van der Waals surface area contributed by atoms with E-state index in [0.717, 1.165) is 17.1 Å². The molecule has 60 heavy (non-hydrogen) atoms. The average Bonchev–Trinajstić information content (AvgIpc) is 3.71. The van der Waals surface area contributed by atoms with Gasteiger partial charge in [-0.1, -0.05) is 202 Å². The molecule has 9 aromatic rings. The van der Waals surface area contributed by atoms with Crippen molar-refractivity contribution in [2.24, 2.45) is 0 Å². The van der Waals surface area contributed by atoms with Gasteiger partial charge in [0.05, 0.1) is 11.4 Å². The molecule has 2 aliphatic carbocycles. The zero-order chi connectivity index (χ0) is 40.4. The summed E-state index contributed by atoms with van der Waals surface area (Å²) < 4.78 is 0. The minimum Gasteiger partial charge on any atom is -0.309 e. The molecule has 1 unspecified atom stereocenters. The number of hydrogen-bond acceptors (Lipinski definition) is 1. The monoisotopic (exact) mass is 767 g/mol. The Kier molecular flexibility index (Phi) is 8.36. The second-order valence-corrected chi connectivity index (χ2v) is 17.0. The molecular weight excluding hydrogens is 723 g/mol. The molecule has 1 nitrogen and oxygen atoms in total. The molecule has 0 aromatic heterocycles. The van der Waals surface area contributed by atoms with E-state index in [1.165, 1.54) is 83.5 Å². The summed E-state index contributed by atoms with van der Waals surface area (Å²) in [6, 6.07) is 80.6. The van der Waals surface area contributed by atoms with E-state index >= 15 is 0 Å². The molecule has 1 atom stereocenters. The number of benzene rings is 9. The van der Waals surface area contributed by atoms with Crippen LogP contribution in [0.25, 0.3) is 55.6 Å². The Morgan fingerprint density at radius 2 is 0.800 bits per heavy atom. The van der Waals surface area contributed by atoms with Crippen molar-refractivity contribution in [1.82, 2.24) is 0 Å². The molecule has 0 saturated carbocycles. The Morgan fingerprint density at radius 3 is 1.50 bits per heavy atom. The van der Waals surface area contributed by atoms with Crippen molar-refractivity contribution in [3.63, 3.8) is 0 Å². The van der Waals surface area contributed by atoms with Crippen LogP contribution in [0, 0.1) is 0 Å². The van der Waals surface area contributed by atoms with E-state index in [4.69, 9.17) is 0 Å². The molecule has 0 fully saturated rings. The van der Waals surface area contributed by atoms with E-state index in [1.54, 1.807) is 0 Å². The highest BCUT2D eigenvalue weighted by Crippen LogP contribution is 2.55. The Hall–Kier alpha value is -7.22. The molecule has 9 aromatic carbocycles. The lowest BCUT2D eigenvalue weighted by atomic mass is 9.74. The number of anilines is 3. The second-order valence-electron chi connectivity index (χ2n) is 17.0. The zero-order valence-electron chi connectivity index (χ0n) is 34.2. The molecule has 0 bridgehead atoms. The quantitative estimate of drug-likeness (QED) is 0.156. The van der Waals surface area contributed by atoms with Crippen LogP contribution >= 0.6 is 0 Å². The first-order valence-electron chi connectivity index (χ1n) is 21.1. The summed E-state index contributed by atoms with van der Waals surface area (Å²) >= 11 is 0. The van der Waals surface area contributed by atoms with E-state index in [2.05, 4.69) is 244 Å². The molecule has 1 heteroatoms. The topological polar surface area (TPSA) is 3.24 Å². The van der Waals surface area contributed by atoms with Crippen LogP contribution in [0.1, 0.15) is 48.6 Å². The number of nitrogens with zero attached hydrogens (tertiary/aromatic N) is 1. The standard InChI is InChI=1S/C59H45N/c1-58(2)52-29-14-10-25-47(52)50-27-18-28-51(57(50)58)49-26-13-17-32-56(49)60(55-31-16-12-23-45(55)41-19-6-4-7-20-41)44-36-33-40(34-37-44)42-35-38-48-46-24-11-15-30-53(46)59(3,54(48)39-42)43-21-8-5-9-22-43/h4-39H,1-3H3. The van der Waals surface area contributed by atoms with Gasteiger partial charge < -0.3 is 4.90 Å². The maximum Gasteiger partial charge on any atom is 0.0540 e.